The molecule has 0 atom stereocenters. The van der Waals surface area contributed by atoms with Gasteiger partial charge in [0.05, 0.1) is 18.8 Å². The summed E-state index contributed by atoms with van der Waals surface area (Å²) in [5.41, 5.74) is 1.63. The van der Waals surface area contributed by atoms with Gasteiger partial charge in [0.25, 0.3) is 0 Å². The van der Waals surface area contributed by atoms with Gasteiger partial charge in [0.2, 0.25) is 11.8 Å². The highest BCUT2D eigenvalue weighted by Crippen LogP contribution is 2.16. The largest absolute Gasteiger partial charge is 0.383 e. The lowest BCUT2D eigenvalue weighted by Crippen LogP contribution is -2.30. The average molecular weight is 227 g/mol. The summed E-state index contributed by atoms with van der Waals surface area (Å²) in [6, 6.07) is 0. The molecule has 6 nitrogen and oxygen atoms in total. The van der Waals surface area contributed by atoms with Gasteiger partial charge in [-0.3, -0.25) is 10.1 Å². The third-order valence-electron chi connectivity index (χ3n) is 2.18. The highest BCUT2D eigenvalue weighted by atomic mass is 16.5. The van der Waals surface area contributed by atoms with Gasteiger partial charge >= 0.3 is 0 Å². The molecule has 0 spiro atoms. The first-order chi connectivity index (χ1) is 7.65. The van der Waals surface area contributed by atoms with Crippen molar-refractivity contribution in [1.82, 2.24) is 10.5 Å². The van der Waals surface area contributed by atoms with E-state index in [-0.39, 0.29) is 12.5 Å². The molecule has 90 valence electrons. The number of methoxy groups -OCH3 is 1. The molecule has 6 heteroatoms. The van der Waals surface area contributed by atoms with Gasteiger partial charge in [0.15, 0.2) is 0 Å². The van der Waals surface area contributed by atoms with Gasteiger partial charge in [-0.15, -0.1) is 0 Å². The minimum Gasteiger partial charge on any atom is -0.383 e. The number of hydrogen-bond donors (Lipinski definition) is 2. The number of carbonyl (C=O) groups is 1. The van der Waals surface area contributed by atoms with Crippen LogP contribution in [-0.4, -0.2) is 37.9 Å². The smallest absolute Gasteiger partial charge is 0.240 e. The van der Waals surface area contributed by atoms with E-state index in [0.717, 1.165) is 11.3 Å². The average Bonchev–Trinajstić information content (AvgIpc) is 2.56. The SMILES string of the molecule is COCCNCC(=O)Nc1onc(C)c1C. The molecule has 16 heavy (non-hydrogen) atoms. The fourth-order valence-corrected chi connectivity index (χ4v) is 1.08. The minimum absolute atomic E-state index is 0.157. The number of nitrogens with zero attached hydrogens (tertiary/aromatic N) is 1. The molecule has 0 saturated carbocycles. The summed E-state index contributed by atoms with van der Waals surface area (Å²) in [5.74, 6) is 0.256. The number of carbonyl (C=O) groups excluding carboxylic acids is 1. The predicted octanol–water partition coefficient (Wildman–Crippen LogP) is 0.466. The number of hydrogen-bond acceptors (Lipinski definition) is 5. The van der Waals surface area contributed by atoms with Gasteiger partial charge in [0, 0.05) is 19.2 Å². The maximum atomic E-state index is 11.4. The van der Waals surface area contributed by atoms with E-state index in [1.165, 1.54) is 0 Å². The van der Waals surface area contributed by atoms with Crippen LogP contribution in [0.4, 0.5) is 5.88 Å². The molecule has 2 N–H and O–H groups in total. The zero-order valence-corrected chi connectivity index (χ0v) is 9.79. The van der Waals surface area contributed by atoms with Crippen LogP contribution in [0.3, 0.4) is 0 Å². The second kappa shape index (κ2) is 6.24. The van der Waals surface area contributed by atoms with Crippen LogP contribution in [0.5, 0.6) is 0 Å². The molecule has 0 saturated heterocycles. The van der Waals surface area contributed by atoms with E-state index in [4.69, 9.17) is 9.26 Å². The number of anilines is 1. The molecule has 0 aliphatic carbocycles. The maximum Gasteiger partial charge on any atom is 0.240 e. The summed E-state index contributed by atoms with van der Waals surface area (Å²) < 4.78 is 9.80. The van der Waals surface area contributed by atoms with Crippen LogP contribution in [0.25, 0.3) is 0 Å². The molecule has 1 rings (SSSR count). The molecule has 1 amide bonds. The molecule has 1 aromatic rings. The Morgan fingerprint density at radius 2 is 2.25 bits per heavy atom. The molecule has 0 aliphatic heterocycles. The van der Waals surface area contributed by atoms with Crippen LogP contribution in [0.2, 0.25) is 0 Å². The van der Waals surface area contributed by atoms with Gasteiger partial charge in [-0.1, -0.05) is 5.16 Å². The molecule has 0 fully saturated rings. The maximum absolute atomic E-state index is 11.4. The Labute approximate surface area is 94.3 Å². The molecule has 1 heterocycles. The zero-order chi connectivity index (χ0) is 12.0. The first kappa shape index (κ1) is 12.7. The van der Waals surface area contributed by atoms with Crippen molar-refractivity contribution >= 4 is 11.8 Å². The molecule has 0 aromatic carbocycles. The van der Waals surface area contributed by atoms with Crippen molar-refractivity contribution in [3.05, 3.63) is 11.3 Å². The molecule has 0 bridgehead atoms. The van der Waals surface area contributed by atoms with Gasteiger partial charge in [0.1, 0.15) is 0 Å². The van der Waals surface area contributed by atoms with E-state index in [1.807, 2.05) is 13.8 Å². The molecule has 0 aliphatic rings. The first-order valence-electron chi connectivity index (χ1n) is 5.07. The Kier molecular flexibility index (Phi) is 4.94. The van der Waals surface area contributed by atoms with Gasteiger partial charge in [-0.2, -0.15) is 0 Å². The third kappa shape index (κ3) is 3.63. The van der Waals surface area contributed by atoms with Crippen molar-refractivity contribution in [1.29, 1.82) is 0 Å². The fourth-order valence-electron chi connectivity index (χ4n) is 1.08. The summed E-state index contributed by atoms with van der Waals surface area (Å²) in [4.78, 5) is 11.4. The lowest BCUT2D eigenvalue weighted by atomic mass is 10.3. The number of nitrogens with one attached hydrogen (secondary N) is 2. The topological polar surface area (TPSA) is 76.4 Å². The summed E-state index contributed by atoms with van der Waals surface area (Å²) >= 11 is 0. The summed E-state index contributed by atoms with van der Waals surface area (Å²) in [6.45, 7) is 5.11. The normalized spacial score (nSPS) is 10.4. The fraction of sp³-hybridized carbons (Fsp3) is 0.600. The minimum atomic E-state index is -0.157. The monoisotopic (exact) mass is 227 g/mol. The van der Waals surface area contributed by atoms with Crippen LogP contribution in [0, 0.1) is 13.8 Å². The second-order valence-electron chi connectivity index (χ2n) is 3.44. The van der Waals surface area contributed by atoms with Crippen molar-refractivity contribution in [3.8, 4) is 0 Å². The second-order valence-corrected chi connectivity index (χ2v) is 3.44. The van der Waals surface area contributed by atoms with E-state index in [2.05, 4.69) is 15.8 Å². The van der Waals surface area contributed by atoms with Crippen LogP contribution in [-0.2, 0) is 9.53 Å². The summed E-state index contributed by atoms with van der Waals surface area (Å²) in [5, 5.41) is 9.32. The molecule has 0 unspecified atom stereocenters. The summed E-state index contributed by atoms with van der Waals surface area (Å²) in [7, 11) is 1.61. The van der Waals surface area contributed by atoms with Crippen LogP contribution in [0.15, 0.2) is 4.52 Å². The molecular weight excluding hydrogens is 210 g/mol. The number of aryl methyl sites for hydroxylation is 1. The molecule has 0 radical (unpaired) electrons. The Bertz CT molecular complexity index is 349. The van der Waals surface area contributed by atoms with E-state index in [1.54, 1.807) is 7.11 Å². The Morgan fingerprint density at radius 3 is 2.81 bits per heavy atom. The van der Waals surface area contributed by atoms with E-state index >= 15 is 0 Å². The van der Waals surface area contributed by atoms with Gasteiger partial charge in [-0.25, -0.2) is 0 Å². The van der Waals surface area contributed by atoms with Crippen molar-refractivity contribution in [2.75, 3.05) is 32.1 Å². The van der Waals surface area contributed by atoms with Crippen molar-refractivity contribution in [2.45, 2.75) is 13.8 Å². The zero-order valence-electron chi connectivity index (χ0n) is 9.79. The molecular formula is C10H17N3O3. The lowest BCUT2D eigenvalue weighted by Gasteiger charge is -2.04. The van der Waals surface area contributed by atoms with Gasteiger partial charge in [-0.05, 0) is 13.8 Å². The van der Waals surface area contributed by atoms with E-state index < -0.39 is 0 Å². The lowest BCUT2D eigenvalue weighted by molar-refractivity contribution is -0.115. The Morgan fingerprint density at radius 1 is 1.50 bits per heavy atom. The molecule has 1 aromatic heterocycles. The third-order valence-corrected chi connectivity index (χ3v) is 2.18. The number of rotatable bonds is 6. The number of amides is 1. The van der Waals surface area contributed by atoms with Crippen LogP contribution < -0.4 is 10.6 Å². The summed E-state index contributed by atoms with van der Waals surface area (Å²) in [6.07, 6.45) is 0. The predicted molar refractivity (Wildman–Crippen MR) is 59.4 cm³/mol. The van der Waals surface area contributed by atoms with Gasteiger partial charge < -0.3 is 14.6 Å². The standard InChI is InChI=1S/C10H17N3O3/c1-7-8(2)13-16-10(7)12-9(14)6-11-4-5-15-3/h11H,4-6H2,1-3H3,(H,12,14). The highest BCUT2D eigenvalue weighted by Gasteiger charge is 2.10. The Balaban J connectivity index is 2.31. The quantitative estimate of drug-likeness (QED) is 0.691. The van der Waals surface area contributed by atoms with E-state index in [9.17, 15) is 4.79 Å². The van der Waals surface area contributed by atoms with Crippen molar-refractivity contribution in [3.63, 3.8) is 0 Å². The number of aromatic nitrogens is 1. The first-order valence-corrected chi connectivity index (χ1v) is 5.07. The van der Waals surface area contributed by atoms with Crippen molar-refractivity contribution in [2.24, 2.45) is 0 Å². The van der Waals surface area contributed by atoms with E-state index in [0.29, 0.717) is 19.0 Å². The Hall–Kier alpha value is -1.40. The van der Waals surface area contributed by atoms with Crippen LogP contribution in [0.1, 0.15) is 11.3 Å². The van der Waals surface area contributed by atoms with Crippen LogP contribution >= 0.6 is 0 Å². The number of ether oxygens (including phenoxy) is 1. The van der Waals surface area contributed by atoms with Crippen molar-refractivity contribution < 1.29 is 14.1 Å². The highest BCUT2D eigenvalue weighted by molar-refractivity contribution is 5.91.